The van der Waals surface area contributed by atoms with Gasteiger partial charge in [0.2, 0.25) is 11.8 Å². The number of carbonyl (C=O) groups excluding carboxylic acids is 1. The smallest absolute Gasteiger partial charge is 0.246 e. The summed E-state index contributed by atoms with van der Waals surface area (Å²) in [6.07, 6.45) is 8.40. The SMILES string of the molecule is COCC(=O)N[C@@H](Cc1cccc(-c2ncc(C)s2)c1)[C@H](O)CN[C@H]1CC2(CCC2)Oc2ncc(CC(C)(C)C)cc21. The molecule has 3 aromatic rings. The third-order valence-corrected chi connectivity index (χ3v) is 9.07. The van der Waals surface area contributed by atoms with Gasteiger partial charge in [0, 0.05) is 54.5 Å². The van der Waals surface area contributed by atoms with E-state index in [1.807, 2.05) is 37.5 Å². The molecule has 3 atom stereocenters. The number of rotatable bonds is 11. The number of thiazole rings is 1. The highest BCUT2D eigenvalue weighted by Gasteiger charge is 2.46. The Hall–Kier alpha value is -2.85. The van der Waals surface area contributed by atoms with Crippen LogP contribution < -0.4 is 15.4 Å². The van der Waals surface area contributed by atoms with Crippen molar-refractivity contribution in [1.29, 1.82) is 0 Å². The van der Waals surface area contributed by atoms with E-state index >= 15 is 0 Å². The minimum Gasteiger partial charge on any atom is -0.471 e. The molecule has 0 unspecified atom stereocenters. The maximum absolute atomic E-state index is 12.6. The largest absolute Gasteiger partial charge is 0.471 e. The molecule has 0 radical (unpaired) electrons. The Balaban J connectivity index is 1.33. The molecule has 1 saturated carbocycles. The fourth-order valence-corrected chi connectivity index (χ4v) is 6.75. The number of nitrogens with one attached hydrogen (secondary N) is 2. The first-order valence-corrected chi connectivity index (χ1v) is 15.7. The van der Waals surface area contributed by atoms with E-state index in [0.717, 1.165) is 58.7 Å². The lowest BCUT2D eigenvalue weighted by atomic mass is 9.73. The van der Waals surface area contributed by atoms with E-state index in [-0.39, 0.29) is 29.6 Å². The van der Waals surface area contributed by atoms with Crippen LogP contribution in [0, 0.1) is 12.3 Å². The highest BCUT2D eigenvalue weighted by atomic mass is 32.1. The lowest BCUT2D eigenvalue weighted by molar-refractivity contribution is -0.126. The van der Waals surface area contributed by atoms with Crippen molar-refractivity contribution in [1.82, 2.24) is 20.6 Å². The standard InChI is InChI=1S/C33H44N4O4S/c1-21-17-36-31(42-21)24-9-6-8-22(12-24)14-26(37-29(39)20-40-5)28(38)19-34-27-16-33(10-7-11-33)41-30-25(27)13-23(18-35-30)15-32(2,3)4/h6,8-9,12-13,17-18,26-28,34,38H,7,10-11,14-16,19-20H2,1-5H3,(H,37,39)/t26-,27-,28+/m0/s1. The van der Waals surface area contributed by atoms with E-state index in [4.69, 9.17) is 14.5 Å². The van der Waals surface area contributed by atoms with Gasteiger partial charge in [0.05, 0.1) is 12.1 Å². The number of nitrogens with zero attached hydrogens (tertiary/aromatic N) is 2. The molecule has 2 aliphatic rings. The van der Waals surface area contributed by atoms with Gasteiger partial charge in [0.1, 0.15) is 17.2 Å². The summed E-state index contributed by atoms with van der Waals surface area (Å²) in [5.74, 6) is 0.443. The predicted octanol–water partition coefficient (Wildman–Crippen LogP) is 5.17. The molecule has 9 heteroatoms. The summed E-state index contributed by atoms with van der Waals surface area (Å²) < 4.78 is 11.5. The molecule has 226 valence electrons. The van der Waals surface area contributed by atoms with Crippen molar-refractivity contribution in [3.63, 3.8) is 0 Å². The molecule has 1 fully saturated rings. The fraction of sp³-hybridized carbons (Fsp3) is 0.545. The van der Waals surface area contributed by atoms with Crippen LogP contribution >= 0.6 is 11.3 Å². The summed E-state index contributed by atoms with van der Waals surface area (Å²) in [4.78, 5) is 23.0. The maximum Gasteiger partial charge on any atom is 0.246 e. The van der Waals surface area contributed by atoms with Crippen molar-refractivity contribution in [2.45, 2.75) is 90.0 Å². The van der Waals surface area contributed by atoms with Crippen LogP contribution in [0.1, 0.15) is 74.1 Å². The van der Waals surface area contributed by atoms with Crippen molar-refractivity contribution in [2.75, 3.05) is 20.3 Å². The van der Waals surface area contributed by atoms with Gasteiger partial charge in [0.15, 0.2) is 0 Å². The van der Waals surface area contributed by atoms with E-state index in [2.05, 4.69) is 48.5 Å². The number of fused-ring (bicyclic) bond motifs is 1. The maximum atomic E-state index is 12.6. The number of aryl methyl sites for hydroxylation is 1. The molecule has 1 aliphatic heterocycles. The van der Waals surface area contributed by atoms with Crippen LogP contribution in [0.15, 0.2) is 42.7 Å². The Labute approximate surface area is 253 Å². The van der Waals surface area contributed by atoms with Gasteiger partial charge in [-0.1, -0.05) is 39.0 Å². The first kappa shape index (κ1) is 30.6. The van der Waals surface area contributed by atoms with Crippen molar-refractivity contribution >= 4 is 17.2 Å². The molecular weight excluding hydrogens is 548 g/mol. The summed E-state index contributed by atoms with van der Waals surface area (Å²) in [5.41, 5.74) is 4.23. The number of hydrogen-bond donors (Lipinski definition) is 3. The molecule has 0 bridgehead atoms. The van der Waals surface area contributed by atoms with Gasteiger partial charge in [-0.05, 0) is 67.7 Å². The molecule has 8 nitrogen and oxygen atoms in total. The predicted molar refractivity (Wildman–Crippen MR) is 166 cm³/mol. The van der Waals surface area contributed by atoms with Crippen LogP contribution in [0.3, 0.4) is 0 Å². The number of methoxy groups -OCH3 is 1. The Morgan fingerprint density at radius 3 is 2.69 bits per heavy atom. The van der Waals surface area contributed by atoms with Crippen molar-refractivity contribution in [2.24, 2.45) is 5.41 Å². The van der Waals surface area contributed by atoms with Crippen LogP contribution in [-0.2, 0) is 22.4 Å². The van der Waals surface area contributed by atoms with E-state index in [9.17, 15) is 9.90 Å². The summed E-state index contributed by atoms with van der Waals surface area (Å²) in [7, 11) is 1.49. The third kappa shape index (κ3) is 7.56. The first-order chi connectivity index (χ1) is 20.0. The number of amides is 1. The van der Waals surface area contributed by atoms with E-state index in [1.54, 1.807) is 11.3 Å². The van der Waals surface area contributed by atoms with E-state index in [1.165, 1.54) is 12.7 Å². The zero-order chi connectivity index (χ0) is 29.9. The number of aliphatic hydroxyl groups excluding tert-OH is 1. The number of aliphatic hydroxyl groups is 1. The van der Waals surface area contributed by atoms with Crippen molar-refractivity contribution in [3.8, 4) is 16.5 Å². The number of ether oxygens (including phenoxy) is 2. The molecule has 1 spiro atoms. The minimum absolute atomic E-state index is 0.00270. The van der Waals surface area contributed by atoms with Crippen LogP contribution in [-0.4, -0.2) is 59.0 Å². The molecule has 1 aromatic carbocycles. The summed E-state index contributed by atoms with van der Waals surface area (Å²) in [6, 6.07) is 9.87. The summed E-state index contributed by atoms with van der Waals surface area (Å²) >= 11 is 1.65. The minimum atomic E-state index is -0.828. The molecule has 0 saturated heterocycles. The van der Waals surface area contributed by atoms with Gasteiger partial charge in [0.25, 0.3) is 0 Å². The molecule has 3 N–H and O–H groups in total. The van der Waals surface area contributed by atoms with Gasteiger partial charge in [-0.3, -0.25) is 4.79 Å². The number of hydrogen-bond acceptors (Lipinski definition) is 8. The van der Waals surface area contributed by atoms with Gasteiger partial charge < -0.3 is 25.2 Å². The third-order valence-electron chi connectivity index (χ3n) is 8.11. The van der Waals surface area contributed by atoms with E-state index < -0.39 is 12.1 Å². The number of benzene rings is 1. The Morgan fingerprint density at radius 2 is 2.02 bits per heavy atom. The fourth-order valence-electron chi connectivity index (χ4n) is 5.99. The average Bonchev–Trinajstić information content (AvgIpc) is 3.36. The number of pyridine rings is 1. The van der Waals surface area contributed by atoms with E-state index in [0.29, 0.717) is 18.8 Å². The lowest BCUT2D eigenvalue weighted by Crippen LogP contribution is -2.52. The second kappa shape index (κ2) is 12.8. The zero-order valence-electron chi connectivity index (χ0n) is 25.4. The average molecular weight is 593 g/mol. The summed E-state index contributed by atoms with van der Waals surface area (Å²) in [5, 5.41) is 19.1. The molecule has 1 amide bonds. The molecule has 5 rings (SSSR count). The second-order valence-electron chi connectivity index (χ2n) is 13.1. The molecule has 3 heterocycles. The Morgan fingerprint density at radius 1 is 1.21 bits per heavy atom. The van der Waals surface area contributed by atoms with Gasteiger partial charge in [-0.2, -0.15) is 0 Å². The lowest BCUT2D eigenvalue weighted by Gasteiger charge is -2.47. The molecule has 2 aromatic heterocycles. The van der Waals surface area contributed by atoms with Gasteiger partial charge >= 0.3 is 0 Å². The van der Waals surface area contributed by atoms with Gasteiger partial charge in [-0.25, -0.2) is 9.97 Å². The van der Waals surface area contributed by atoms with Crippen LogP contribution in [0.4, 0.5) is 0 Å². The molecular formula is C33H44N4O4S. The first-order valence-electron chi connectivity index (χ1n) is 14.9. The van der Waals surface area contributed by atoms with Crippen LogP contribution in [0.5, 0.6) is 5.88 Å². The molecule has 42 heavy (non-hydrogen) atoms. The van der Waals surface area contributed by atoms with Gasteiger partial charge in [-0.15, -0.1) is 11.3 Å². The monoisotopic (exact) mass is 592 g/mol. The molecule has 1 aliphatic carbocycles. The summed E-state index contributed by atoms with van der Waals surface area (Å²) in [6.45, 7) is 8.97. The topological polar surface area (TPSA) is 106 Å². The number of carbonyl (C=O) groups is 1. The quantitative estimate of drug-likeness (QED) is 0.282. The highest BCUT2D eigenvalue weighted by Crippen LogP contribution is 2.48. The van der Waals surface area contributed by atoms with Crippen molar-refractivity contribution < 1.29 is 19.4 Å². The highest BCUT2D eigenvalue weighted by molar-refractivity contribution is 7.14. The van der Waals surface area contributed by atoms with Crippen molar-refractivity contribution in [3.05, 3.63) is 64.3 Å². The number of aromatic nitrogens is 2. The second-order valence-corrected chi connectivity index (χ2v) is 14.4. The zero-order valence-corrected chi connectivity index (χ0v) is 26.2. The van der Waals surface area contributed by atoms with Crippen LogP contribution in [0.25, 0.3) is 10.6 Å². The Kier molecular flexibility index (Phi) is 9.32. The normalized spacial score (nSPS) is 19.0. The van der Waals surface area contributed by atoms with Crippen LogP contribution in [0.2, 0.25) is 0 Å². The Bertz CT molecular complexity index is 1380.